The van der Waals surface area contributed by atoms with E-state index in [0.29, 0.717) is 11.4 Å². The summed E-state index contributed by atoms with van der Waals surface area (Å²) in [5, 5.41) is 4.36. The van der Waals surface area contributed by atoms with Crippen LogP contribution in [0.2, 0.25) is 0 Å². The standard InChI is InChI=1S/C55H57N5/c1-52(2,3)35-22-26-45-40(30-35)41-31-36(53(4,5)6)23-27-46(41)59(45)44-21-17-16-20-39(44)50-56-49(34-18-14-13-15-19-34)57-51(58-50)60-47-28-24-37(54(7,8)9)32-42(47)43-33-38(55(10,11)12)25-29-48(43)60/h13-33H,1-12H3/i13D,14D,15D,18D,19D. The summed E-state index contributed by atoms with van der Waals surface area (Å²) in [5.41, 5.74) is 9.71. The molecule has 0 amide bonds. The van der Waals surface area contributed by atoms with Crippen LogP contribution >= 0.6 is 0 Å². The lowest BCUT2D eigenvalue weighted by atomic mass is 9.85. The Balaban J connectivity index is 1.40. The Morgan fingerprint density at radius 3 is 1.22 bits per heavy atom. The zero-order valence-electron chi connectivity index (χ0n) is 42.0. The van der Waals surface area contributed by atoms with E-state index in [1.165, 1.54) is 22.3 Å². The molecule has 0 spiro atoms. The van der Waals surface area contributed by atoms with Crippen LogP contribution in [-0.2, 0) is 21.7 Å². The minimum absolute atomic E-state index is 0.0173. The van der Waals surface area contributed by atoms with Gasteiger partial charge in [0.05, 0.1) is 34.6 Å². The third kappa shape index (κ3) is 6.78. The molecule has 9 aromatic rings. The molecule has 302 valence electrons. The first-order valence-electron chi connectivity index (χ1n) is 23.5. The molecule has 0 unspecified atom stereocenters. The number of fused-ring (bicyclic) bond motifs is 6. The highest BCUT2D eigenvalue weighted by Gasteiger charge is 2.26. The lowest BCUT2D eigenvalue weighted by Crippen LogP contribution is -2.11. The Morgan fingerprint density at radius 1 is 0.417 bits per heavy atom. The molecule has 0 bridgehead atoms. The van der Waals surface area contributed by atoms with E-state index in [4.69, 9.17) is 21.8 Å². The van der Waals surface area contributed by atoms with Crippen molar-refractivity contribution in [2.75, 3.05) is 0 Å². The molecular weight excluding hydrogens is 731 g/mol. The second kappa shape index (κ2) is 13.7. The summed E-state index contributed by atoms with van der Waals surface area (Å²) in [6.07, 6.45) is 0. The van der Waals surface area contributed by atoms with Crippen LogP contribution in [-0.4, -0.2) is 24.1 Å². The van der Waals surface area contributed by atoms with E-state index in [1.54, 1.807) is 0 Å². The van der Waals surface area contributed by atoms with Gasteiger partial charge in [-0.05, 0) is 105 Å². The molecular formula is C55H57N5. The minimum Gasteiger partial charge on any atom is -0.309 e. The molecule has 0 saturated heterocycles. The van der Waals surface area contributed by atoms with Gasteiger partial charge in [-0.3, -0.25) is 4.57 Å². The maximum absolute atomic E-state index is 9.09. The van der Waals surface area contributed by atoms with Gasteiger partial charge < -0.3 is 4.57 Å². The summed E-state index contributed by atoms with van der Waals surface area (Å²) in [7, 11) is 0. The molecule has 0 N–H and O–H groups in total. The molecule has 0 saturated carbocycles. The second-order valence-electron chi connectivity index (χ2n) is 20.4. The number of nitrogens with zero attached hydrogens (tertiary/aromatic N) is 5. The van der Waals surface area contributed by atoms with Crippen LogP contribution < -0.4 is 0 Å². The molecule has 6 aromatic carbocycles. The minimum atomic E-state index is -0.481. The summed E-state index contributed by atoms with van der Waals surface area (Å²) in [4.78, 5) is 15.5. The van der Waals surface area contributed by atoms with E-state index in [9.17, 15) is 0 Å². The lowest BCUT2D eigenvalue weighted by Gasteiger charge is -2.19. The molecule has 3 aromatic heterocycles. The fraction of sp³-hybridized carbons (Fsp3) is 0.291. The third-order valence-corrected chi connectivity index (χ3v) is 11.9. The van der Waals surface area contributed by atoms with Crippen LogP contribution in [0.5, 0.6) is 0 Å². The molecule has 60 heavy (non-hydrogen) atoms. The van der Waals surface area contributed by atoms with E-state index in [0.717, 1.165) is 49.3 Å². The van der Waals surface area contributed by atoms with Crippen LogP contribution in [0.4, 0.5) is 0 Å². The van der Waals surface area contributed by atoms with Crippen LogP contribution in [0, 0.1) is 0 Å². The van der Waals surface area contributed by atoms with Gasteiger partial charge in [-0.1, -0.05) is 150 Å². The highest BCUT2D eigenvalue weighted by molar-refractivity contribution is 6.11. The van der Waals surface area contributed by atoms with E-state index in [-0.39, 0.29) is 51.1 Å². The number of rotatable bonds is 4. The van der Waals surface area contributed by atoms with Gasteiger partial charge in [0.25, 0.3) is 0 Å². The van der Waals surface area contributed by atoms with Crippen LogP contribution in [0.3, 0.4) is 0 Å². The first-order valence-corrected chi connectivity index (χ1v) is 21.0. The summed E-state index contributed by atoms with van der Waals surface area (Å²) < 4.78 is 48.2. The number of hydrogen-bond acceptors (Lipinski definition) is 3. The molecule has 0 aliphatic rings. The van der Waals surface area contributed by atoms with Crippen LogP contribution in [0.25, 0.3) is 78.0 Å². The van der Waals surface area contributed by atoms with Gasteiger partial charge in [0, 0.05) is 32.7 Å². The number of hydrogen-bond donors (Lipinski definition) is 0. The Kier molecular flexibility index (Phi) is 7.72. The third-order valence-electron chi connectivity index (χ3n) is 11.9. The van der Waals surface area contributed by atoms with Crippen molar-refractivity contribution in [3.63, 3.8) is 0 Å². The van der Waals surface area contributed by atoms with Crippen molar-refractivity contribution < 1.29 is 6.85 Å². The van der Waals surface area contributed by atoms with Crippen molar-refractivity contribution >= 4 is 43.6 Å². The normalized spacial score (nSPS) is 14.2. The van der Waals surface area contributed by atoms with Gasteiger partial charge in [-0.25, -0.2) is 4.98 Å². The maximum Gasteiger partial charge on any atom is 0.238 e. The molecule has 0 atom stereocenters. The van der Waals surface area contributed by atoms with Gasteiger partial charge in [0.15, 0.2) is 11.6 Å². The second-order valence-corrected chi connectivity index (χ2v) is 20.4. The predicted octanol–water partition coefficient (Wildman–Crippen LogP) is 14.6. The molecule has 5 heteroatoms. The van der Waals surface area contributed by atoms with Gasteiger partial charge in [0.2, 0.25) is 5.95 Å². The Labute approximate surface area is 362 Å². The van der Waals surface area contributed by atoms with E-state index >= 15 is 0 Å². The molecule has 0 aliphatic carbocycles. The fourth-order valence-corrected chi connectivity index (χ4v) is 8.30. The summed E-state index contributed by atoms with van der Waals surface area (Å²) >= 11 is 0. The highest BCUT2D eigenvalue weighted by Crippen LogP contribution is 2.41. The molecule has 5 nitrogen and oxygen atoms in total. The average molecular weight is 793 g/mol. The number of para-hydroxylation sites is 1. The smallest absolute Gasteiger partial charge is 0.238 e. The van der Waals surface area contributed by atoms with Crippen molar-refractivity contribution in [2.24, 2.45) is 0 Å². The molecule has 3 heterocycles. The summed E-state index contributed by atoms with van der Waals surface area (Å²) in [6, 6.07) is 32.4. The topological polar surface area (TPSA) is 48.5 Å². The summed E-state index contributed by atoms with van der Waals surface area (Å²) in [6.45, 7) is 26.7. The molecule has 0 radical (unpaired) electrons. The molecule has 0 fully saturated rings. The van der Waals surface area contributed by atoms with Gasteiger partial charge in [-0.15, -0.1) is 0 Å². The fourth-order valence-electron chi connectivity index (χ4n) is 8.30. The Bertz CT molecular complexity index is 3250. The highest BCUT2D eigenvalue weighted by atomic mass is 15.2. The number of aromatic nitrogens is 5. The molecule has 9 rings (SSSR count). The van der Waals surface area contributed by atoms with E-state index in [1.807, 2.05) is 22.8 Å². The average Bonchev–Trinajstić information content (AvgIpc) is 3.75. The first-order chi connectivity index (χ1) is 30.3. The monoisotopic (exact) mass is 792 g/mol. The Hall–Kier alpha value is -6.07. The van der Waals surface area contributed by atoms with Crippen molar-refractivity contribution in [1.82, 2.24) is 24.1 Å². The van der Waals surface area contributed by atoms with Gasteiger partial charge in [0.1, 0.15) is 0 Å². The zero-order valence-corrected chi connectivity index (χ0v) is 37.0. The first kappa shape index (κ1) is 33.7. The lowest BCUT2D eigenvalue weighted by molar-refractivity contribution is 0.590. The van der Waals surface area contributed by atoms with Crippen LogP contribution in [0.1, 0.15) is 112 Å². The predicted molar refractivity (Wildman–Crippen MR) is 254 cm³/mol. The quantitative estimate of drug-likeness (QED) is 0.178. The summed E-state index contributed by atoms with van der Waals surface area (Å²) in [5.74, 6) is 0.550. The molecule has 0 aliphatic heterocycles. The van der Waals surface area contributed by atoms with Gasteiger partial charge >= 0.3 is 0 Å². The SMILES string of the molecule is [2H]c1c([2H])c([2H])c(-c2nc(-c3ccccc3-n3c4ccc(C(C)(C)C)cc4c4cc(C(C)(C)C)ccc43)nc(-n3c4ccc(C(C)(C)C)cc4c4cc(C(C)(C)C)ccc43)n2)c([2H])c1[2H]. The zero-order chi connectivity index (χ0) is 46.9. The van der Waals surface area contributed by atoms with Crippen LogP contribution in [0.15, 0.2) is 127 Å². The maximum atomic E-state index is 9.09. The van der Waals surface area contributed by atoms with Crippen molar-refractivity contribution in [3.8, 4) is 34.4 Å². The van der Waals surface area contributed by atoms with Gasteiger partial charge in [-0.2, -0.15) is 9.97 Å². The largest absolute Gasteiger partial charge is 0.309 e. The Morgan fingerprint density at radius 2 is 0.800 bits per heavy atom. The van der Waals surface area contributed by atoms with Crippen molar-refractivity contribution in [3.05, 3.63) is 150 Å². The van der Waals surface area contributed by atoms with Crippen molar-refractivity contribution in [1.29, 1.82) is 0 Å². The number of benzene rings is 6. The van der Waals surface area contributed by atoms with E-state index in [2.05, 4.69) is 167 Å². The van der Waals surface area contributed by atoms with Crippen molar-refractivity contribution in [2.45, 2.75) is 105 Å². The van der Waals surface area contributed by atoms with E-state index < -0.39 is 18.1 Å².